The Kier molecular flexibility index (Phi) is 5.68. The first-order valence-corrected chi connectivity index (χ1v) is 14.6. The van der Waals surface area contributed by atoms with E-state index in [1.165, 1.54) is 31.3 Å². The maximum Gasteiger partial charge on any atom is 0.0973 e. The summed E-state index contributed by atoms with van der Waals surface area (Å²) in [6.07, 6.45) is 0. The van der Waals surface area contributed by atoms with Crippen molar-refractivity contribution < 1.29 is 0 Å². The molecule has 0 radical (unpaired) electrons. The molecule has 0 aliphatic heterocycles. The van der Waals surface area contributed by atoms with Gasteiger partial charge < -0.3 is 0 Å². The fourth-order valence-electron chi connectivity index (χ4n) is 5.65. The van der Waals surface area contributed by atoms with Gasteiger partial charge in [0.1, 0.15) is 0 Å². The van der Waals surface area contributed by atoms with Crippen LogP contribution in [0.25, 0.3) is 76.0 Å². The summed E-state index contributed by atoms with van der Waals surface area (Å²) in [6, 6.07) is 51.2. The number of fused-ring (bicyclic) bond motifs is 4. The summed E-state index contributed by atoms with van der Waals surface area (Å²) in [4.78, 5) is 10.3. The number of nitrogens with zero attached hydrogens (tertiary/aromatic N) is 2. The number of aromatic nitrogens is 2. The molecule has 2 heterocycles. The van der Waals surface area contributed by atoms with Gasteiger partial charge in [-0.15, -0.1) is 11.3 Å². The van der Waals surface area contributed by atoms with E-state index in [0.29, 0.717) is 0 Å². The third-order valence-corrected chi connectivity index (χ3v) is 8.91. The monoisotopic (exact) mass is 540 g/mol. The Morgan fingerprint density at radius 3 is 1.71 bits per heavy atom. The average Bonchev–Trinajstić information content (AvgIpc) is 3.44. The Balaban J connectivity index is 1.21. The van der Waals surface area contributed by atoms with Crippen LogP contribution >= 0.6 is 11.3 Å². The van der Waals surface area contributed by atoms with Crippen LogP contribution in [-0.4, -0.2) is 9.97 Å². The van der Waals surface area contributed by atoms with Gasteiger partial charge in [0.2, 0.25) is 0 Å². The first-order valence-electron chi connectivity index (χ1n) is 13.8. The predicted octanol–water partition coefficient (Wildman–Crippen LogP) is 10.7. The van der Waals surface area contributed by atoms with Gasteiger partial charge in [0.15, 0.2) is 0 Å². The molecule has 8 aromatic rings. The Morgan fingerprint density at radius 1 is 0.390 bits per heavy atom. The second-order valence-electron chi connectivity index (χ2n) is 10.2. The van der Waals surface area contributed by atoms with E-state index in [1.807, 2.05) is 47.7 Å². The van der Waals surface area contributed by atoms with Gasteiger partial charge in [-0.2, -0.15) is 0 Å². The standard InChI is InChI=1S/C38H24N2S/c1-3-10-27(11-4-1)36-37(28-12-5-2-6-13-28)40-34-24-29(22-23-33(34)39-36)25-18-20-26(21-19-25)30-15-9-16-32-31-14-7-8-17-35(31)41-38(30)32/h1-24H. The zero-order valence-electron chi connectivity index (χ0n) is 22.2. The van der Waals surface area contributed by atoms with Crippen LogP contribution in [0.1, 0.15) is 0 Å². The summed E-state index contributed by atoms with van der Waals surface area (Å²) in [5.74, 6) is 0. The van der Waals surface area contributed by atoms with Gasteiger partial charge in [0.05, 0.1) is 22.4 Å². The highest BCUT2D eigenvalue weighted by atomic mass is 32.1. The van der Waals surface area contributed by atoms with Gasteiger partial charge in [-0.25, -0.2) is 9.97 Å². The van der Waals surface area contributed by atoms with Crippen molar-refractivity contribution in [3.63, 3.8) is 0 Å². The number of hydrogen-bond acceptors (Lipinski definition) is 3. The highest BCUT2D eigenvalue weighted by Crippen LogP contribution is 2.40. The first kappa shape index (κ1) is 23.7. The number of benzene rings is 6. The summed E-state index contributed by atoms with van der Waals surface area (Å²) >= 11 is 1.87. The quantitative estimate of drug-likeness (QED) is 0.222. The van der Waals surface area contributed by atoms with Crippen molar-refractivity contribution in [2.24, 2.45) is 0 Å². The average molecular weight is 541 g/mol. The van der Waals surface area contributed by atoms with Gasteiger partial charge in [0, 0.05) is 31.3 Å². The third-order valence-electron chi connectivity index (χ3n) is 7.69. The molecule has 2 aromatic heterocycles. The molecule has 0 aliphatic carbocycles. The largest absolute Gasteiger partial charge is 0.244 e. The SMILES string of the molecule is c1ccc(-c2nc3ccc(-c4ccc(-c5cccc6c5sc5ccccc56)cc4)cc3nc2-c2ccccc2)cc1. The minimum Gasteiger partial charge on any atom is -0.244 e. The second-order valence-corrected chi connectivity index (χ2v) is 11.3. The van der Waals surface area contributed by atoms with Gasteiger partial charge >= 0.3 is 0 Å². The smallest absolute Gasteiger partial charge is 0.0973 e. The van der Waals surface area contributed by atoms with Crippen LogP contribution < -0.4 is 0 Å². The molecule has 192 valence electrons. The van der Waals surface area contributed by atoms with Crippen molar-refractivity contribution in [2.45, 2.75) is 0 Å². The lowest BCUT2D eigenvalue weighted by Crippen LogP contribution is -1.95. The molecule has 2 nitrogen and oxygen atoms in total. The van der Waals surface area contributed by atoms with E-state index in [2.05, 4.69) is 109 Å². The van der Waals surface area contributed by atoms with Crippen LogP contribution in [-0.2, 0) is 0 Å². The molecular weight excluding hydrogens is 516 g/mol. The summed E-state index contributed by atoms with van der Waals surface area (Å²) in [5, 5.41) is 2.65. The van der Waals surface area contributed by atoms with Crippen molar-refractivity contribution in [1.82, 2.24) is 9.97 Å². The van der Waals surface area contributed by atoms with Crippen LogP contribution in [0.3, 0.4) is 0 Å². The van der Waals surface area contributed by atoms with Crippen LogP contribution in [0.15, 0.2) is 146 Å². The van der Waals surface area contributed by atoms with Crippen LogP contribution in [0, 0.1) is 0 Å². The van der Waals surface area contributed by atoms with E-state index in [9.17, 15) is 0 Å². The Bertz CT molecular complexity index is 2180. The van der Waals surface area contributed by atoms with Gasteiger partial charge in [-0.3, -0.25) is 0 Å². The summed E-state index contributed by atoms with van der Waals surface area (Å²) in [6.45, 7) is 0. The minimum atomic E-state index is 0.889. The molecule has 0 amide bonds. The lowest BCUT2D eigenvalue weighted by Gasteiger charge is -2.12. The van der Waals surface area contributed by atoms with Crippen LogP contribution in [0.2, 0.25) is 0 Å². The highest BCUT2D eigenvalue weighted by Gasteiger charge is 2.14. The predicted molar refractivity (Wildman–Crippen MR) is 174 cm³/mol. The van der Waals surface area contributed by atoms with Crippen LogP contribution in [0.4, 0.5) is 0 Å². The Hall–Kier alpha value is -5.12. The molecule has 0 spiro atoms. The molecule has 41 heavy (non-hydrogen) atoms. The van der Waals surface area contributed by atoms with Crippen molar-refractivity contribution in [3.05, 3.63) is 146 Å². The van der Waals surface area contributed by atoms with Crippen molar-refractivity contribution in [2.75, 3.05) is 0 Å². The second kappa shape index (κ2) is 9.81. The molecule has 3 heteroatoms. The van der Waals surface area contributed by atoms with E-state index in [0.717, 1.165) is 44.7 Å². The van der Waals surface area contributed by atoms with E-state index < -0.39 is 0 Å². The number of rotatable bonds is 4. The lowest BCUT2D eigenvalue weighted by atomic mass is 9.98. The Labute approximate surface area is 242 Å². The topological polar surface area (TPSA) is 25.8 Å². The van der Waals surface area contributed by atoms with E-state index in [1.54, 1.807) is 0 Å². The number of hydrogen-bond donors (Lipinski definition) is 0. The lowest BCUT2D eigenvalue weighted by molar-refractivity contribution is 1.29. The van der Waals surface area contributed by atoms with Gasteiger partial charge in [-0.05, 0) is 40.5 Å². The molecule has 0 bridgehead atoms. The number of thiophene rings is 1. The van der Waals surface area contributed by atoms with Gasteiger partial charge in [0.25, 0.3) is 0 Å². The van der Waals surface area contributed by atoms with Gasteiger partial charge in [-0.1, -0.05) is 127 Å². The first-order chi connectivity index (χ1) is 20.3. The van der Waals surface area contributed by atoms with Crippen LogP contribution in [0.5, 0.6) is 0 Å². The zero-order chi connectivity index (χ0) is 27.2. The van der Waals surface area contributed by atoms with Crippen molar-refractivity contribution >= 4 is 42.5 Å². The molecule has 6 aromatic carbocycles. The van der Waals surface area contributed by atoms with E-state index in [4.69, 9.17) is 9.97 Å². The maximum absolute atomic E-state index is 5.17. The summed E-state index contributed by atoms with van der Waals surface area (Å²) in [5.41, 5.74) is 10.5. The molecule has 0 N–H and O–H groups in total. The Morgan fingerprint density at radius 2 is 0.976 bits per heavy atom. The molecule has 0 fully saturated rings. The highest BCUT2D eigenvalue weighted by molar-refractivity contribution is 7.26. The molecule has 0 unspecified atom stereocenters. The van der Waals surface area contributed by atoms with E-state index >= 15 is 0 Å². The fourth-order valence-corrected chi connectivity index (χ4v) is 6.88. The normalized spacial score (nSPS) is 11.4. The van der Waals surface area contributed by atoms with Crippen molar-refractivity contribution in [1.29, 1.82) is 0 Å². The summed E-state index contributed by atoms with van der Waals surface area (Å²) < 4.78 is 2.67. The molecule has 0 saturated heterocycles. The minimum absolute atomic E-state index is 0.889. The maximum atomic E-state index is 5.17. The molecule has 0 atom stereocenters. The molecule has 0 aliphatic rings. The third kappa shape index (κ3) is 4.19. The molecular formula is C38H24N2S. The molecule has 0 saturated carbocycles. The summed E-state index contributed by atoms with van der Waals surface area (Å²) in [7, 11) is 0. The molecule has 8 rings (SSSR count). The van der Waals surface area contributed by atoms with Crippen molar-refractivity contribution in [3.8, 4) is 44.8 Å². The fraction of sp³-hybridized carbons (Fsp3) is 0. The zero-order valence-corrected chi connectivity index (χ0v) is 23.0. The van der Waals surface area contributed by atoms with E-state index in [-0.39, 0.29) is 0 Å².